The number of aromatic hydroxyl groups is 1. The van der Waals surface area contributed by atoms with E-state index in [1.165, 1.54) is 5.39 Å². The van der Waals surface area contributed by atoms with Crippen LogP contribution in [0.15, 0.2) is 54.6 Å². The maximum Gasteiger partial charge on any atom is 0.123 e. The summed E-state index contributed by atoms with van der Waals surface area (Å²) in [6.45, 7) is 2.04. The molecule has 2 heteroatoms. The molecule has 4 aromatic carbocycles. The first-order chi connectivity index (χ1) is 10.7. The third kappa shape index (κ3) is 1.71. The topological polar surface area (TPSA) is 40.5 Å². The van der Waals surface area contributed by atoms with Gasteiger partial charge < -0.3 is 10.2 Å². The van der Waals surface area contributed by atoms with Gasteiger partial charge in [-0.2, -0.15) is 0 Å². The van der Waals surface area contributed by atoms with E-state index in [1.54, 1.807) is 6.07 Å². The smallest absolute Gasteiger partial charge is 0.123 e. The van der Waals surface area contributed by atoms with Crippen LogP contribution >= 0.6 is 0 Å². The van der Waals surface area contributed by atoms with Crippen molar-refractivity contribution >= 4 is 32.3 Å². The lowest BCUT2D eigenvalue weighted by Crippen LogP contribution is -1.92. The number of aliphatic hydroxyl groups excluding tert-OH is 1. The maximum atomic E-state index is 10.2. The van der Waals surface area contributed by atoms with Crippen molar-refractivity contribution in [3.05, 3.63) is 65.7 Å². The Morgan fingerprint density at radius 2 is 1.59 bits per heavy atom. The Bertz CT molecular complexity index is 1030. The Morgan fingerprint density at radius 3 is 2.41 bits per heavy atom. The molecule has 0 spiro atoms. The molecule has 0 aromatic heterocycles. The fraction of sp³-hybridized carbons (Fsp3) is 0.100. The van der Waals surface area contributed by atoms with E-state index in [-0.39, 0.29) is 12.4 Å². The fourth-order valence-electron chi connectivity index (χ4n) is 3.46. The minimum absolute atomic E-state index is 0.0474. The summed E-state index contributed by atoms with van der Waals surface area (Å²) in [4.78, 5) is 0. The number of aryl methyl sites for hydroxylation is 1. The molecule has 0 atom stereocenters. The van der Waals surface area contributed by atoms with Crippen LogP contribution in [-0.4, -0.2) is 10.2 Å². The number of aliphatic hydroxyl groups is 1. The quantitative estimate of drug-likeness (QED) is 0.500. The summed E-state index contributed by atoms with van der Waals surface area (Å²) in [5.74, 6) is 0.252. The molecule has 22 heavy (non-hydrogen) atoms. The molecular formula is C20H16O2. The first kappa shape index (κ1) is 13.1. The molecule has 2 nitrogen and oxygen atoms in total. The highest BCUT2D eigenvalue weighted by Crippen LogP contribution is 2.39. The lowest BCUT2D eigenvalue weighted by Gasteiger charge is -2.15. The number of hydrogen-bond donors (Lipinski definition) is 2. The summed E-state index contributed by atoms with van der Waals surface area (Å²) in [6, 6.07) is 17.9. The summed E-state index contributed by atoms with van der Waals surface area (Å²) in [6.07, 6.45) is 0. The molecule has 108 valence electrons. The molecule has 0 saturated heterocycles. The number of fused-ring (bicyclic) bond motifs is 5. The summed E-state index contributed by atoms with van der Waals surface area (Å²) in [5.41, 5.74) is 2.00. The van der Waals surface area contributed by atoms with Crippen molar-refractivity contribution < 1.29 is 10.2 Å². The van der Waals surface area contributed by atoms with Crippen molar-refractivity contribution in [3.63, 3.8) is 0 Å². The van der Waals surface area contributed by atoms with E-state index in [4.69, 9.17) is 0 Å². The highest BCUT2D eigenvalue weighted by Gasteiger charge is 2.13. The highest BCUT2D eigenvalue weighted by molar-refractivity contribution is 6.20. The van der Waals surface area contributed by atoms with Crippen molar-refractivity contribution in [2.24, 2.45) is 0 Å². The SMILES string of the molecule is Cc1cc2ccccc2c2c(CO)cc3c(O)cccc3c12. The van der Waals surface area contributed by atoms with Gasteiger partial charge in [0.25, 0.3) is 0 Å². The molecule has 4 rings (SSSR count). The predicted molar refractivity (Wildman–Crippen MR) is 91.3 cm³/mol. The van der Waals surface area contributed by atoms with Crippen molar-refractivity contribution in [2.75, 3.05) is 0 Å². The lowest BCUT2D eigenvalue weighted by atomic mass is 9.90. The van der Waals surface area contributed by atoms with Gasteiger partial charge in [-0.3, -0.25) is 0 Å². The zero-order chi connectivity index (χ0) is 15.3. The number of phenols is 1. The molecule has 0 unspecified atom stereocenters. The van der Waals surface area contributed by atoms with Crippen molar-refractivity contribution in [3.8, 4) is 5.75 Å². The molecule has 4 aromatic rings. The second-order valence-corrected chi connectivity index (χ2v) is 5.73. The third-order valence-corrected chi connectivity index (χ3v) is 4.41. The first-order valence-corrected chi connectivity index (χ1v) is 7.37. The van der Waals surface area contributed by atoms with E-state index in [9.17, 15) is 10.2 Å². The summed E-state index contributed by atoms with van der Waals surface area (Å²) < 4.78 is 0. The Balaban J connectivity index is 2.39. The van der Waals surface area contributed by atoms with Gasteiger partial charge in [0, 0.05) is 5.39 Å². The van der Waals surface area contributed by atoms with Gasteiger partial charge in [-0.1, -0.05) is 42.5 Å². The standard InChI is InChI=1S/C20H16O2/c1-12-9-13-5-2-3-6-15(13)20-14(11-21)10-17-16(19(12)20)7-4-8-18(17)22/h2-10,21-22H,11H2,1H3. The fourth-order valence-corrected chi connectivity index (χ4v) is 3.46. The van der Waals surface area contributed by atoms with E-state index in [1.807, 2.05) is 30.3 Å². The zero-order valence-corrected chi connectivity index (χ0v) is 12.3. The molecule has 0 aliphatic rings. The molecule has 0 heterocycles. The van der Waals surface area contributed by atoms with Gasteiger partial charge in [0.15, 0.2) is 0 Å². The lowest BCUT2D eigenvalue weighted by molar-refractivity contribution is 0.283. The van der Waals surface area contributed by atoms with Crippen LogP contribution in [0.4, 0.5) is 0 Å². The minimum atomic E-state index is -0.0474. The number of phenolic OH excluding ortho intramolecular Hbond substituents is 1. The second kappa shape index (κ2) is 4.72. The average molecular weight is 288 g/mol. The normalized spacial score (nSPS) is 11.5. The van der Waals surface area contributed by atoms with E-state index in [0.717, 1.165) is 38.1 Å². The third-order valence-electron chi connectivity index (χ3n) is 4.41. The van der Waals surface area contributed by atoms with Gasteiger partial charge in [-0.15, -0.1) is 0 Å². The molecule has 0 aliphatic heterocycles. The molecule has 0 saturated carbocycles. The van der Waals surface area contributed by atoms with Crippen LogP contribution in [-0.2, 0) is 6.61 Å². The van der Waals surface area contributed by atoms with Crippen molar-refractivity contribution in [1.29, 1.82) is 0 Å². The predicted octanol–water partition coefficient (Wildman–Crippen LogP) is 4.65. The molecule has 0 radical (unpaired) electrons. The van der Waals surface area contributed by atoms with Crippen LogP contribution in [0.2, 0.25) is 0 Å². The monoisotopic (exact) mass is 288 g/mol. The van der Waals surface area contributed by atoms with E-state index in [0.29, 0.717) is 0 Å². The van der Waals surface area contributed by atoms with Crippen LogP contribution in [0.25, 0.3) is 32.3 Å². The van der Waals surface area contributed by atoms with Crippen molar-refractivity contribution in [2.45, 2.75) is 13.5 Å². The van der Waals surface area contributed by atoms with Crippen molar-refractivity contribution in [1.82, 2.24) is 0 Å². The molecular weight excluding hydrogens is 272 g/mol. The van der Waals surface area contributed by atoms with Crippen LogP contribution in [0.5, 0.6) is 5.75 Å². The van der Waals surface area contributed by atoms with Gasteiger partial charge in [0.05, 0.1) is 6.61 Å². The minimum Gasteiger partial charge on any atom is -0.507 e. The maximum absolute atomic E-state index is 10.2. The van der Waals surface area contributed by atoms with Gasteiger partial charge in [-0.05, 0) is 57.1 Å². The number of hydrogen-bond acceptors (Lipinski definition) is 2. The first-order valence-electron chi connectivity index (χ1n) is 7.37. The Hall–Kier alpha value is -2.58. The van der Waals surface area contributed by atoms with Gasteiger partial charge in [0.1, 0.15) is 5.75 Å². The van der Waals surface area contributed by atoms with Crippen LogP contribution in [0.3, 0.4) is 0 Å². The number of benzene rings is 4. The van der Waals surface area contributed by atoms with Gasteiger partial charge in [-0.25, -0.2) is 0 Å². The molecule has 0 bridgehead atoms. The Labute approximate surface area is 128 Å². The van der Waals surface area contributed by atoms with E-state index >= 15 is 0 Å². The zero-order valence-electron chi connectivity index (χ0n) is 12.3. The van der Waals surface area contributed by atoms with E-state index < -0.39 is 0 Å². The van der Waals surface area contributed by atoms with Gasteiger partial charge >= 0.3 is 0 Å². The second-order valence-electron chi connectivity index (χ2n) is 5.73. The van der Waals surface area contributed by atoms with E-state index in [2.05, 4.69) is 25.1 Å². The summed E-state index contributed by atoms with van der Waals surface area (Å²) in [5, 5.41) is 26.3. The Kier molecular flexibility index (Phi) is 2.81. The van der Waals surface area contributed by atoms with Crippen LogP contribution < -0.4 is 0 Å². The number of rotatable bonds is 1. The average Bonchev–Trinajstić information content (AvgIpc) is 2.54. The summed E-state index contributed by atoms with van der Waals surface area (Å²) in [7, 11) is 0. The summed E-state index contributed by atoms with van der Waals surface area (Å²) >= 11 is 0. The highest BCUT2D eigenvalue weighted by atomic mass is 16.3. The van der Waals surface area contributed by atoms with Crippen LogP contribution in [0, 0.1) is 6.92 Å². The largest absolute Gasteiger partial charge is 0.507 e. The molecule has 0 aliphatic carbocycles. The van der Waals surface area contributed by atoms with Crippen LogP contribution in [0.1, 0.15) is 11.1 Å². The molecule has 0 amide bonds. The molecule has 2 N–H and O–H groups in total. The Morgan fingerprint density at radius 1 is 0.818 bits per heavy atom. The van der Waals surface area contributed by atoms with Gasteiger partial charge in [0.2, 0.25) is 0 Å². The molecule has 0 fully saturated rings.